The molecule has 35 heavy (non-hydrogen) atoms. The second-order valence-corrected chi connectivity index (χ2v) is 10.2. The van der Waals surface area contributed by atoms with Gasteiger partial charge in [0.1, 0.15) is 16.6 Å². The van der Waals surface area contributed by atoms with Gasteiger partial charge in [0.15, 0.2) is 11.5 Å². The van der Waals surface area contributed by atoms with Crippen molar-refractivity contribution in [1.82, 2.24) is 19.9 Å². The van der Waals surface area contributed by atoms with Gasteiger partial charge in [0.2, 0.25) is 0 Å². The number of benzene rings is 2. The van der Waals surface area contributed by atoms with E-state index in [2.05, 4.69) is 32.7 Å². The maximum atomic E-state index is 5.89. The first-order valence-electron chi connectivity index (χ1n) is 11.8. The Morgan fingerprint density at radius 1 is 1.03 bits per heavy atom. The largest absolute Gasteiger partial charge is 0.490 e. The Bertz CT molecular complexity index is 1320. The molecule has 0 spiro atoms. The molecule has 2 aromatic heterocycles. The molecule has 0 radical (unpaired) electrons. The fourth-order valence-electron chi connectivity index (χ4n) is 4.02. The molecule has 3 heterocycles. The number of thiazole rings is 1. The maximum absolute atomic E-state index is 5.89. The predicted molar refractivity (Wildman–Crippen MR) is 145 cm³/mol. The van der Waals surface area contributed by atoms with Crippen molar-refractivity contribution in [1.29, 1.82) is 0 Å². The van der Waals surface area contributed by atoms with Crippen LogP contribution in [0.2, 0.25) is 0 Å². The van der Waals surface area contributed by atoms with E-state index >= 15 is 0 Å². The molecule has 1 saturated heterocycles. The number of ether oxygens (including phenoxy) is 2. The van der Waals surface area contributed by atoms with E-state index in [-0.39, 0.29) is 0 Å². The quantitative estimate of drug-likeness (QED) is 0.291. The lowest BCUT2D eigenvalue weighted by Crippen LogP contribution is -2.20. The van der Waals surface area contributed by atoms with Crippen LogP contribution in [0.4, 0.5) is 11.5 Å². The third-order valence-electron chi connectivity index (χ3n) is 5.59. The van der Waals surface area contributed by atoms with Crippen molar-refractivity contribution in [3.63, 3.8) is 0 Å². The van der Waals surface area contributed by atoms with Gasteiger partial charge in [0.05, 0.1) is 25.3 Å². The second-order valence-electron chi connectivity index (χ2n) is 8.26. The highest BCUT2D eigenvalue weighted by molar-refractivity contribution is 7.99. The van der Waals surface area contributed by atoms with Crippen molar-refractivity contribution in [2.24, 2.45) is 0 Å². The Hall–Kier alpha value is -2.88. The van der Waals surface area contributed by atoms with E-state index in [0.29, 0.717) is 31.3 Å². The van der Waals surface area contributed by atoms with E-state index in [9.17, 15) is 0 Å². The topological polar surface area (TPSA) is 72.4 Å². The van der Waals surface area contributed by atoms with Gasteiger partial charge in [-0.1, -0.05) is 12.1 Å². The zero-order valence-electron chi connectivity index (χ0n) is 20.2. The molecule has 1 aliphatic heterocycles. The Morgan fingerprint density at radius 2 is 1.86 bits per heavy atom. The van der Waals surface area contributed by atoms with Crippen molar-refractivity contribution in [2.45, 2.75) is 27.3 Å². The van der Waals surface area contributed by atoms with Crippen LogP contribution >= 0.6 is 23.1 Å². The zero-order chi connectivity index (χ0) is 24.2. The average Bonchev–Trinajstić information content (AvgIpc) is 3.52. The lowest BCUT2D eigenvalue weighted by Gasteiger charge is -2.17. The Kier molecular flexibility index (Phi) is 7.36. The molecule has 9 heteroatoms. The number of anilines is 2. The number of rotatable bonds is 9. The molecule has 0 unspecified atom stereocenters. The minimum atomic E-state index is 0.551. The van der Waals surface area contributed by atoms with E-state index < -0.39 is 0 Å². The SMILES string of the molecule is CCOc1cc2nc(CN3CCSC3)nc(Nc3cccc(-c4nc(C)cs4)c3)c2cc1OCC. The monoisotopic (exact) mass is 507 g/mol. The molecular weight excluding hydrogens is 478 g/mol. The summed E-state index contributed by atoms with van der Waals surface area (Å²) in [7, 11) is 0. The van der Waals surface area contributed by atoms with Gasteiger partial charge < -0.3 is 14.8 Å². The highest BCUT2D eigenvalue weighted by atomic mass is 32.2. The molecule has 0 amide bonds. The third-order valence-corrected chi connectivity index (χ3v) is 7.62. The van der Waals surface area contributed by atoms with Crippen LogP contribution < -0.4 is 14.8 Å². The molecule has 1 aliphatic rings. The van der Waals surface area contributed by atoms with Crippen molar-refractivity contribution >= 4 is 45.5 Å². The maximum Gasteiger partial charge on any atom is 0.163 e. The Balaban J connectivity index is 1.56. The Morgan fingerprint density at radius 3 is 2.57 bits per heavy atom. The van der Waals surface area contributed by atoms with E-state index in [1.54, 1.807) is 11.3 Å². The predicted octanol–water partition coefficient (Wildman–Crippen LogP) is 6.11. The summed E-state index contributed by atoms with van der Waals surface area (Å²) in [5.41, 5.74) is 3.89. The van der Waals surface area contributed by atoms with Gasteiger partial charge in [-0.15, -0.1) is 23.1 Å². The van der Waals surface area contributed by atoms with Crippen molar-refractivity contribution < 1.29 is 9.47 Å². The Labute approximate surface area is 213 Å². The second kappa shape index (κ2) is 10.8. The number of fused-ring (bicyclic) bond motifs is 1. The highest BCUT2D eigenvalue weighted by Crippen LogP contribution is 2.36. The van der Waals surface area contributed by atoms with Crippen LogP contribution in [0, 0.1) is 6.92 Å². The molecule has 0 saturated carbocycles. The molecule has 2 aromatic carbocycles. The average molecular weight is 508 g/mol. The lowest BCUT2D eigenvalue weighted by atomic mass is 10.1. The first kappa shape index (κ1) is 23.8. The number of nitrogens with zero attached hydrogens (tertiary/aromatic N) is 4. The van der Waals surface area contributed by atoms with Crippen LogP contribution in [0.3, 0.4) is 0 Å². The smallest absolute Gasteiger partial charge is 0.163 e. The van der Waals surface area contributed by atoms with Gasteiger partial charge in [-0.25, -0.2) is 15.0 Å². The first-order chi connectivity index (χ1) is 17.1. The molecule has 1 fully saturated rings. The summed E-state index contributed by atoms with van der Waals surface area (Å²) < 4.78 is 11.8. The summed E-state index contributed by atoms with van der Waals surface area (Å²) in [6.07, 6.45) is 0. The summed E-state index contributed by atoms with van der Waals surface area (Å²) in [6.45, 7) is 8.84. The molecule has 5 rings (SSSR count). The summed E-state index contributed by atoms with van der Waals surface area (Å²) in [6, 6.07) is 12.2. The summed E-state index contributed by atoms with van der Waals surface area (Å²) >= 11 is 3.59. The minimum absolute atomic E-state index is 0.551. The van der Waals surface area contributed by atoms with Gasteiger partial charge >= 0.3 is 0 Å². The van der Waals surface area contributed by atoms with Gasteiger partial charge in [0.25, 0.3) is 0 Å². The van der Waals surface area contributed by atoms with Gasteiger partial charge in [-0.05, 0) is 39.0 Å². The fourth-order valence-corrected chi connectivity index (χ4v) is 5.81. The van der Waals surface area contributed by atoms with Crippen LogP contribution in [0.1, 0.15) is 25.4 Å². The summed E-state index contributed by atoms with van der Waals surface area (Å²) in [5, 5.41) is 7.53. The normalized spacial score (nSPS) is 13.9. The summed E-state index contributed by atoms with van der Waals surface area (Å²) in [5.74, 6) is 5.11. The number of aromatic nitrogens is 3. The molecule has 0 bridgehead atoms. The van der Waals surface area contributed by atoms with E-state index in [0.717, 1.165) is 62.7 Å². The highest BCUT2D eigenvalue weighted by Gasteiger charge is 2.18. The number of thioether (sulfide) groups is 1. The van der Waals surface area contributed by atoms with Crippen molar-refractivity contribution in [2.75, 3.05) is 36.7 Å². The van der Waals surface area contributed by atoms with E-state index in [1.165, 1.54) is 0 Å². The van der Waals surface area contributed by atoms with Crippen LogP contribution in [0.25, 0.3) is 21.5 Å². The van der Waals surface area contributed by atoms with E-state index in [4.69, 9.17) is 19.4 Å². The molecule has 0 atom stereocenters. The van der Waals surface area contributed by atoms with Gasteiger partial charge in [-0.3, -0.25) is 4.90 Å². The number of nitrogens with one attached hydrogen (secondary N) is 1. The minimum Gasteiger partial charge on any atom is -0.490 e. The summed E-state index contributed by atoms with van der Waals surface area (Å²) in [4.78, 5) is 16.9. The van der Waals surface area contributed by atoms with Crippen LogP contribution in [-0.2, 0) is 6.54 Å². The lowest BCUT2D eigenvalue weighted by molar-refractivity contribution is 0.288. The van der Waals surface area contributed by atoms with E-state index in [1.807, 2.05) is 56.8 Å². The number of hydrogen-bond acceptors (Lipinski definition) is 9. The number of hydrogen-bond donors (Lipinski definition) is 1. The van der Waals surface area contributed by atoms with Crippen molar-refractivity contribution in [3.8, 4) is 22.1 Å². The first-order valence-corrected chi connectivity index (χ1v) is 13.9. The van der Waals surface area contributed by atoms with Crippen LogP contribution in [0.5, 0.6) is 11.5 Å². The van der Waals surface area contributed by atoms with Crippen LogP contribution in [0.15, 0.2) is 41.8 Å². The van der Waals surface area contributed by atoms with Gasteiger partial charge in [0, 0.05) is 52.0 Å². The standard InChI is InChI=1S/C26H29N5O2S2/c1-4-32-22-12-20-21(13-23(22)33-5-2)29-24(14-31-9-10-34-16-31)30-25(20)28-19-8-6-7-18(11-19)26-27-17(3)15-35-26/h6-8,11-13,15H,4-5,9-10,14,16H2,1-3H3,(H,28,29,30). The fraction of sp³-hybridized carbons (Fsp3) is 0.346. The molecule has 0 aliphatic carbocycles. The molecule has 182 valence electrons. The molecule has 1 N–H and O–H groups in total. The third kappa shape index (κ3) is 5.52. The molecule has 7 nitrogen and oxygen atoms in total. The van der Waals surface area contributed by atoms with Crippen molar-refractivity contribution in [3.05, 3.63) is 53.3 Å². The number of aryl methyl sites for hydroxylation is 1. The van der Waals surface area contributed by atoms with Crippen LogP contribution in [-0.4, -0.2) is 51.2 Å². The zero-order valence-corrected chi connectivity index (χ0v) is 21.8. The molecule has 4 aromatic rings. The molecular formula is C26H29N5O2S2. The van der Waals surface area contributed by atoms with Gasteiger partial charge in [-0.2, -0.15) is 0 Å².